The van der Waals surface area contributed by atoms with E-state index in [9.17, 15) is 4.79 Å². The number of guanidine groups is 1. The number of halogens is 1. The predicted octanol–water partition coefficient (Wildman–Crippen LogP) is 2.54. The van der Waals surface area contributed by atoms with Gasteiger partial charge in [0, 0.05) is 59.8 Å². The normalized spacial score (nSPS) is 15.7. The zero-order valence-electron chi connectivity index (χ0n) is 17.2. The van der Waals surface area contributed by atoms with Gasteiger partial charge in [-0.1, -0.05) is 39.5 Å². The molecule has 0 radical (unpaired) electrons. The molecular weight excluding hydrogens is 441 g/mol. The smallest absolute Gasteiger partial charge is 0.219 e. The van der Waals surface area contributed by atoms with Crippen molar-refractivity contribution >= 4 is 35.8 Å². The van der Waals surface area contributed by atoms with Crippen LogP contribution in [-0.2, 0) is 4.79 Å². The van der Waals surface area contributed by atoms with Gasteiger partial charge in [-0.05, 0) is 12.3 Å². The van der Waals surface area contributed by atoms with Crippen molar-refractivity contribution in [3.63, 3.8) is 0 Å². The van der Waals surface area contributed by atoms with Crippen LogP contribution in [0.2, 0.25) is 0 Å². The largest absolute Gasteiger partial charge is 0.356 e. The minimum absolute atomic E-state index is 0. The molecule has 0 aromatic heterocycles. The zero-order valence-corrected chi connectivity index (χ0v) is 19.6. The summed E-state index contributed by atoms with van der Waals surface area (Å²) in [6.07, 6.45) is 6.51. The first-order chi connectivity index (χ1) is 12.0. The Balaban J connectivity index is 0.00000625. The molecule has 0 aliphatic carbocycles. The first kappa shape index (κ1) is 25.4. The first-order valence-corrected chi connectivity index (χ1v) is 9.95. The second kappa shape index (κ2) is 15.5. The molecule has 1 amide bonds. The maximum Gasteiger partial charge on any atom is 0.219 e. The first-order valence-electron chi connectivity index (χ1n) is 9.95. The van der Waals surface area contributed by atoms with Gasteiger partial charge < -0.3 is 15.5 Å². The molecule has 1 fully saturated rings. The van der Waals surface area contributed by atoms with Crippen LogP contribution in [0, 0.1) is 5.92 Å². The predicted molar refractivity (Wildman–Crippen MR) is 121 cm³/mol. The van der Waals surface area contributed by atoms with Crippen LogP contribution >= 0.6 is 24.0 Å². The van der Waals surface area contributed by atoms with Gasteiger partial charge in [-0.3, -0.25) is 14.7 Å². The van der Waals surface area contributed by atoms with E-state index < -0.39 is 0 Å². The lowest BCUT2D eigenvalue weighted by atomic mass is 10.0. The summed E-state index contributed by atoms with van der Waals surface area (Å²) >= 11 is 0. The number of rotatable bonds is 10. The second-order valence-electron chi connectivity index (χ2n) is 7.37. The van der Waals surface area contributed by atoms with Crippen molar-refractivity contribution in [1.29, 1.82) is 0 Å². The van der Waals surface area contributed by atoms with Crippen LogP contribution < -0.4 is 10.6 Å². The number of nitrogens with zero attached hydrogens (tertiary/aromatic N) is 3. The highest BCUT2D eigenvalue weighted by Crippen LogP contribution is 2.08. The van der Waals surface area contributed by atoms with Crippen molar-refractivity contribution in [2.45, 2.75) is 52.9 Å². The van der Waals surface area contributed by atoms with Gasteiger partial charge in [-0.15, -0.1) is 24.0 Å². The van der Waals surface area contributed by atoms with E-state index in [4.69, 9.17) is 0 Å². The van der Waals surface area contributed by atoms with Gasteiger partial charge in [0.2, 0.25) is 5.91 Å². The molecule has 0 spiro atoms. The van der Waals surface area contributed by atoms with E-state index in [2.05, 4.69) is 34.4 Å². The van der Waals surface area contributed by atoms with Gasteiger partial charge in [0.1, 0.15) is 0 Å². The van der Waals surface area contributed by atoms with Crippen molar-refractivity contribution < 1.29 is 4.79 Å². The van der Waals surface area contributed by atoms with Crippen LogP contribution in [0.3, 0.4) is 0 Å². The molecule has 0 unspecified atom stereocenters. The Morgan fingerprint density at radius 2 is 1.62 bits per heavy atom. The molecule has 0 aromatic carbocycles. The van der Waals surface area contributed by atoms with E-state index in [0.717, 1.165) is 57.7 Å². The number of hydrogen-bond donors (Lipinski definition) is 2. The molecule has 2 N–H and O–H groups in total. The molecule has 1 heterocycles. The van der Waals surface area contributed by atoms with E-state index >= 15 is 0 Å². The molecule has 1 aliphatic heterocycles. The molecule has 7 heteroatoms. The number of unbranched alkanes of at least 4 members (excludes halogenated alkanes) is 3. The summed E-state index contributed by atoms with van der Waals surface area (Å²) < 4.78 is 0. The number of aliphatic imine (C=N–C) groups is 1. The number of amides is 1. The number of nitrogens with one attached hydrogen (secondary N) is 2. The highest BCUT2D eigenvalue weighted by Gasteiger charge is 2.17. The van der Waals surface area contributed by atoms with Crippen LogP contribution in [0.25, 0.3) is 0 Å². The maximum atomic E-state index is 11.3. The van der Waals surface area contributed by atoms with E-state index in [-0.39, 0.29) is 29.9 Å². The van der Waals surface area contributed by atoms with E-state index in [0.29, 0.717) is 0 Å². The topological polar surface area (TPSA) is 60.0 Å². The van der Waals surface area contributed by atoms with E-state index in [1.54, 1.807) is 6.92 Å². The zero-order chi connectivity index (χ0) is 18.5. The summed E-state index contributed by atoms with van der Waals surface area (Å²) in [6.45, 7) is 12.7. The third kappa shape index (κ3) is 11.9. The molecule has 0 atom stereocenters. The Morgan fingerprint density at radius 1 is 1.00 bits per heavy atom. The minimum Gasteiger partial charge on any atom is -0.356 e. The Hall–Kier alpha value is -0.570. The Morgan fingerprint density at radius 3 is 2.19 bits per heavy atom. The summed E-state index contributed by atoms with van der Waals surface area (Å²) in [5.74, 6) is 1.91. The SMILES string of the molecule is CN=C(NCCCCCCC(C)C)NCCN1CCN(C(C)=O)CC1.I. The molecule has 154 valence electrons. The quantitative estimate of drug-likeness (QED) is 0.218. The lowest BCUT2D eigenvalue weighted by molar-refractivity contribution is -0.130. The summed E-state index contributed by atoms with van der Waals surface area (Å²) in [7, 11) is 1.82. The van der Waals surface area contributed by atoms with Gasteiger partial charge in [0.25, 0.3) is 0 Å². The summed E-state index contributed by atoms with van der Waals surface area (Å²) in [5, 5.41) is 6.78. The van der Waals surface area contributed by atoms with Gasteiger partial charge in [0.15, 0.2) is 5.96 Å². The number of hydrogen-bond acceptors (Lipinski definition) is 3. The molecule has 0 aromatic rings. The van der Waals surface area contributed by atoms with Crippen LogP contribution in [0.1, 0.15) is 52.9 Å². The third-order valence-electron chi connectivity index (χ3n) is 4.76. The average Bonchev–Trinajstić information content (AvgIpc) is 2.59. The number of carbonyl (C=O) groups excluding carboxylic acids is 1. The molecule has 0 bridgehead atoms. The van der Waals surface area contributed by atoms with Gasteiger partial charge in [-0.25, -0.2) is 0 Å². The van der Waals surface area contributed by atoms with Crippen molar-refractivity contribution in [1.82, 2.24) is 20.4 Å². The summed E-state index contributed by atoms with van der Waals surface area (Å²) in [4.78, 5) is 19.9. The fourth-order valence-electron chi connectivity index (χ4n) is 3.08. The highest BCUT2D eigenvalue weighted by atomic mass is 127. The van der Waals surface area contributed by atoms with E-state index in [1.165, 1.54) is 32.1 Å². The molecule has 6 nitrogen and oxygen atoms in total. The Labute approximate surface area is 177 Å². The molecule has 1 aliphatic rings. The van der Waals surface area contributed by atoms with Crippen molar-refractivity contribution in [2.24, 2.45) is 10.9 Å². The molecule has 0 saturated carbocycles. The van der Waals surface area contributed by atoms with Crippen LogP contribution in [0.5, 0.6) is 0 Å². The number of carbonyl (C=O) groups is 1. The van der Waals surface area contributed by atoms with Crippen molar-refractivity contribution in [2.75, 3.05) is 52.9 Å². The van der Waals surface area contributed by atoms with Crippen LogP contribution in [0.15, 0.2) is 4.99 Å². The molecule has 26 heavy (non-hydrogen) atoms. The summed E-state index contributed by atoms with van der Waals surface area (Å²) in [5.41, 5.74) is 0. The van der Waals surface area contributed by atoms with Crippen LogP contribution in [-0.4, -0.2) is 74.5 Å². The summed E-state index contributed by atoms with van der Waals surface area (Å²) in [6, 6.07) is 0. The highest BCUT2D eigenvalue weighted by molar-refractivity contribution is 14.0. The van der Waals surface area contributed by atoms with Gasteiger partial charge in [0.05, 0.1) is 0 Å². The minimum atomic E-state index is 0. The number of piperazine rings is 1. The molecule has 1 rings (SSSR count). The Bertz CT molecular complexity index is 395. The maximum absolute atomic E-state index is 11.3. The van der Waals surface area contributed by atoms with Crippen LogP contribution in [0.4, 0.5) is 0 Å². The standard InChI is InChI=1S/C19H39N5O.HI/c1-17(2)9-7-5-6-8-10-21-19(20-4)22-11-12-23-13-15-24(16-14-23)18(3)25;/h17H,5-16H2,1-4H3,(H2,20,21,22);1H. The van der Waals surface area contributed by atoms with E-state index in [1.807, 2.05) is 11.9 Å². The van der Waals surface area contributed by atoms with Crippen molar-refractivity contribution in [3.8, 4) is 0 Å². The monoisotopic (exact) mass is 481 g/mol. The average molecular weight is 481 g/mol. The van der Waals surface area contributed by atoms with Gasteiger partial charge >= 0.3 is 0 Å². The van der Waals surface area contributed by atoms with Gasteiger partial charge in [-0.2, -0.15) is 0 Å². The molecule has 1 saturated heterocycles. The fourth-order valence-corrected chi connectivity index (χ4v) is 3.08. The fraction of sp³-hybridized carbons (Fsp3) is 0.895. The van der Waals surface area contributed by atoms with Crippen molar-refractivity contribution in [3.05, 3.63) is 0 Å². The lowest BCUT2D eigenvalue weighted by Gasteiger charge is -2.34. The lowest BCUT2D eigenvalue weighted by Crippen LogP contribution is -2.50. The molecular formula is C19H40IN5O. The Kier molecular flexibility index (Phi) is 15.1. The third-order valence-corrected chi connectivity index (χ3v) is 4.76. The second-order valence-corrected chi connectivity index (χ2v) is 7.37.